The van der Waals surface area contributed by atoms with Crippen molar-refractivity contribution in [2.24, 2.45) is 5.16 Å². The zero-order chi connectivity index (χ0) is 15.5. The molecule has 0 aliphatic heterocycles. The zero-order valence-corrected chi connectivity index (χ0v) is 13.7. The van der Waals surface area contributed by atoms with Crippen molar-refractivity contribution in [3.05, 3.63) is 0 Å². The highest BCUT2D eigenvalue weighted by molar-refractivity contribution is 8.13. The summed E-state index contributed by atoms with van der Waals surface area (Å²) >= 11 is 2.19. The molecule has 8 nitrogen and oxygen atoms in total. The number of amides is 2. The van der Waals surface area contributed by atoms with Crippen LogP contribution in [0.1, 0.15) is 6.92 Å². The Labute approximate surface area is 127 Å². The highest BCUT2D eigenvalue weighted by Crippen LogP contribution is 2.14. The van der Waals surface area contributed by atoms with Gasteiger partial charge in [0.2, 0.25) is 0 Å². The van der Waals surface area contributed by atoms with Crippen LogP contribution in [0.5, 0.6) is 0 Å². The molecule has 10 heteroatoms. The summed E-state index contributed by atoms with van der Waals surface area (Å²) in [5, 5.41) is 4.22. The highest BCUT2D eigenvalue weighted by Gasteiger charge is 2.18. The molecule has 0 radical (unpaired) electrons. The third kappa shape index (κ3) is 8.12. The number of oxime groups is 1. The lowest BCUT2D eigenvalue weighted by atomic mass is 10.8. The first-order chi connectivity index (χ1) is 9.42. The van der Waals surface area contributed by atoms with E-state index < -0.39 is 12.2 Å². The van der Waals surface area contributed by atoms with Gasteiger partial charge in [0, 0.05) is 21.2 Å². The molecule has 0 aromatic heterocycles. The first-order valence-electron chi connectivity index (χ1n) is 5.53. The number of methoxy groups -OCH3 is 1. The number of rotatable bonds is 6. The molecule has 0 heterocycles. The molecule has 20 heavy (non-hydrogen) atoms. The van der Waals surface area contributed by atoms with Gasteiger partial charge in [-0.3, -0.25) is 4.84 Å². The van der Waals surface area contributed by atoms with E-state index in [1.807, 2.05) is 6.26 Å². The molecular weight excluding hydrogens is 306 g/mol. The second-order valence-corrected chi connectivity index (χ2v) is 5.61. The standard InChI is InChI=1S/C10H19N3O5S2/c1-8(19-5)11-18-10(15)13(3)20-12(2)9(14)17-7-6-16-4/h6-7H2,1-5H3. The minimum Gasteiger partial charge on any atom is -0.446 e. The fourth-order valence-electron chi connectivity index (χ4n) is 0.752. The Morgan fingerprint density at radius 2 is 1.75 bits per heavy atom. The van der Waals surface area contributed by atoms with E-state index in [1.165, 1.54) is 33.0 Å². The van der Waals surface area contributed by atoms with Crippen LogP contribution in [0.15, 0.2) is 5.16 Å². The molecule has 0 aliphatic rings. The molecule has 0 unspecified atom stereocenters. The van der Waals surface area contributed by atoms with Gasteiger partial charge in [-0.25, -0.2) is 18.2 Å². The van der Waals surface area contributed by atoms with E-state index in [9.17, 15) is 9.59 Å². The monoisotopic (exact) mass is 325 g/mol. The number of thioether (sulfide) groups is 1. The lowest BCUT2D eigenvalue weighted by molar-refractivity contribution is 0.0899. The normalized spacial score (nSPS) is 10.9. The average Bonchev–Trinajstić information content (AvgIpc) is 2.43. The zero-order valence-electron chi connectivity index (χ0n) is 12.1. The fraction of sp³-hybridized carbons (Fsp3) is 0.700. The average molecular weight is 325 g/mol. The maximum absolute atomic E-state index is 11.5. The fourth-order valence-corrected chi connectivity index (χ4v) is 1.45. The van der Waals surface area contributed by atoms with E-state index in [0.29, 0.717) is 11.7 Å². The Morgan fingerprint density at radius 3 is 2.30 bits per heavy atom. The van der Waals surface area contributed by atoms with Gasteiger partial charge in [0.15, 0.2) is 0 Å². The van der Waals surface area contributed by atoms with Crippen LogP contribution in [0.3, 0.4) is 0 Å². The van der Waals surface area contributed by atoms with E-state index in [2.05, 4.69) is 9.99 Å². The van der Waals surface area contributed by atoms with Crippen molar-refractivity contribution >= 4 is 41.1 Å². The van der Waals surface area contributed by atoms with Gasteiger partial charge >= 0.3 is 12.2 Å². The summed E-state index contributed by atoms with van der Waals surface area (Å²) in [6.07, 6.45) is 0.532. The van der Waals surface area contributed by atoms with E-state index in [-0.39, 0.29) is 6.61 Å². The number of hydrogen-bond acceptors (Lipinski definition) is 8. The summed E-state index contributed by atoms with van der Waals surface area (Å²) in [5.41, 5.74) is 0. The van der Waals surface area contributed by atoms with Gasteiger partial charge in [0.25, 0.3) is 0 Å². The predicted molar refractivity (Wildman–Crippen MR) is 79.4 cm³/mol. The molecule has 0 saturated heterocycles. The maximum Gasteiger partial charge on any atom is 0.447 e. The van der Waals surface area contributed by atoms with Crippen molar-refractivity contribution < 1.29 is 23.9 Å². The summed E-state index contributed by atoms with van der Waals surface area (Å²) in [7, 11) is 4.43. The molecule has 0 saturated carbocycles. The Bertz CT molecular complexity index is 354. The lowest BCUT2D eigenvalue weighted by Crippen LogP contribution is -2.29. The predicted octanol–water partition coefficient (Wildman–Crippen LogP) is 2.03. The summed E-state index contributed by atoms with van der Waals surface area (Å²) in [6.45, 7) is 2.17. The van der Waals surface area contributed by atoms with Crippen molar-refractivity contribution in [1.29, 1.82) is 0 Å². The van der Waals surface area contributed by atoms with Gasteiger partial charge in [0.05, 0.1) is 18.7 Å². The third-order valence-corrected chi connectivity index (χ3v) is 3.27. The molecule has 0 fully saturated rings. The Morgan fingerprint density at radius 1 is 1.15 bits per heavy atom. The molecule has 2 amide bonds. The SMILES string of the molecule is COCCOC(=O)N(C)SN(C)C(=O)ON=C(C)SC. The molecule has 0 atom stereocenters. The maximum atomic E-state index is 11.5. The van der Waals surface area contributed by atoms with Crippen LogP contribution in [0.25, 0.3) is 0 Å². The second kappa shape index (κ2) is 10.6. The smallest absolute Gasteiger partial charge is 0.446 e. The van der Waals surface area contributed by atoms with Crippen molar-refractivity contribution in [2.45, 2.75) is 6.92 Å². The van der Waals surface area contributed by atoms with E-state index >= 15 is 0 Å². The van der Waals surface area contributed by atoms with E-state index in [4.69, 9.17) is 9.47 Å². The van der Waals surface area contributed by atoms with E-state index in [0.717, 1.165) is 20.7 Å². The first-order valence-corrected chi connectivity index (χ1v) is 7.48. The number of hydrogen-bond donors (Lipinski definition) is 0. The summed E-state index contributed by atoms with van der Waals surface area (Å²) in [6, 6.07) is 0. The minimum absolute atomic E-state index is 0.144. The van der Waals surface area contributed by atoms with Crippen LogP contribution < -0.4 is 0 Å². The van der Waals surface area contributed by atoms with Crippen LogP contribution >= 0.6 is 23.9 Å². The van der Waals surface area contributed by atoms with Crippen LogP contribution in [-0.2, 0) is 14.3 Å². The summed E-state index contributed by atoms with van der Waals surface area (Å²) in [5.74, 6) is 0. The number of carbonyl (C=O) groups excluding carboxylic acids is 2. The van der Waals surface area contributed by atoms with Crippen molar-refractivity contribution in [3.63, 3.8) is 0 Å². The van der Waals surface area contributed by atoms with Gasteiger partial charge < -0.3 is 9.47 Å². The first kappa shape index (κ1) is 18.9. The van der Waals surface area contributed by atoms with Crippen LogP contribution in [0.2, 0.25) is 0 Å². The van der Waals surface area contributed by atoms with Gasteiger partial charge in [-0.2, -0.15) is 0 Å². The quantitative estimate of drug-likeness (QED) is 0.184. The van der Waals surface area contributed by atoms with Crippen LogP contribution in [0, 0.1) is 0 Å². The highest BCUT2D eigenvalue weighted by atomic mass is 32.2. The Kier molecular flexibility index (Phi) is 10.0. The topological polar surface area (TPSA) is 80.7 Å². The lowest BCUT2D eigenvalue weighted by Gasteiger charge is -2.20. The minimum atomic E-state index is -0.694. The molecule has 0 aliphatic carbocycles. The molecule has 0 N–H and O–H groups in total. The van der Waals surface area contributed by atoms with Gasteiger partial charge in [0.1, 0.15) is 11.7 Å². The molecule has 0 aromatic rings. The largest absolute Gasteiger partial charge is 0.447 e. The number of nitrogens with zero attached hydrogens (tertiary/aromatic N) is 3. The molecular formula is C10H19N3O5S2. The molecule has 0 aromatic carbocycles. The van der Waals surface area contributed by atoms with Crippen molar-refractivity contribution in [1.82, 2.24) is 8.61 Å². The van der Waals surface area contributed by atoms with Crippen molar-refractivity contribution in [2.75, 3.05) is 40.7 Å². The van der Waals surface area contributed by atoms with Crippen molar-refractivity contribution in [3.8, 4) is 0 Å². The van der Waals surface area contributed by atoms with Crippen LogP contribution in [0.4, 0.5) is 9.59 Å². The van der Waals surface area contributed by atoms with Gasteiger partial charge in [-0.15, -0.1) is 11.8 Å². The molecule has 0 bridgehead atoms. The molecule has 0 rings (SSSR count). The second-order valence-electron chi connectivity index (χ2n) is 3.36. The molecule has 116 valence electrons. The summed E-state index contributed by atoms with van der Waals surface area (Å²) in [4.78, 5) is 27.7. The summed E-state index contributed by atoms with van der Waals surface area (Å²) < 4.78 is 11.9. The number of carbonyl (C=O) groups is 2. The Balaban J connectivity index is 4.13. The number of ether oxygens (including phenoxy) is 2. The van der Waals surface area contributed by atoms with Gasteiger partial charge in [-0.1, -0.05) is 5.16 Å². The Hall–Kier alpha value is -1.13. The third-order valence-electron chi connectivity index (χ3n) is 1.82. The van der Waals surface area contributed by atoms with Gasteiger partial charge in [-0.05, 0) is 13.2 Å². The van der Waals surface area contributed by atoms with E-state index in [1.54, 1.807) is 6.92 Å². The molecule has 0 spiro atoms. The van der Waals surface area contributed by atoms with Crippen LogP contribution in [-0.4, -0.2) is 66.5 Å².